The largest absolute Gasteiger partial charge is 0.469 e. The van der Waals surface area contributed by atoms with Gasteiger partial charge in [0, 0.05) is 17.3 Å². The molecule has 0 spiro atoms. The highest BCUT2D eigenvalue weighted by Crippen LogP contribution is 2.14. The number of hydrogen-bond acceptors (Lipinski definition) is 3. The Bertz CT molecular complexity index is 358. The summed E-state index contributed by atoms with van der Waals surface area (Å²) < 4.78 is 5.33. The first kappa shape index (κ1) is 13.2. The molecular formula is C11H15ClN2OS. The van der Waals surface area contributed by atoms with E-state index in [0.29, 0.717) is 16.8 Å². The predicted octanol–water partition coefficient (Wildman–Crippen LogP) is 2.62. The molecule has 0 saturated carbocycles. The molecule has 1 N–H and O–H groups in total. The summed E-state index contributed by atoms with van der Waals surface area (Å²) in [4.78, 5) is 2.03. The lowest BCUT2D eigenvalue weighted by Crippen LogP contribution is -2.22. The Morgan fingerprint density at radius 1 is 1.50 bits per heavy atom. The van der Waals surface area contributed by atoms with Crippen LogP contribution in [0, 0.1) is 0 Å². The van der Waals surface area contributed by atoms with E-state index in [1.807, 2.05) is 37.2 Å². The molecule has 0 bridgehead atoms. The van der Waals surface area contributed by atoms with Crippen LogP contribution in [0.5, 0.6) is 0 Å². The highest BCUT2D eigenvalue weighted by molar-refractivity contribution is 7.80. The van der Waals surface area contributed by atoms with Crippen LogP contribution in [0.4, 0.5) is 5.69 Å². The first-order valence-corrected chi connectivity index (χ1v) is 5.70. The van der Waals surface area contributed by atoms with Crippen molar-refractivity contribution in [2.24, 2.45) is 0 Å². The van der Waals surface area contributed by atoms with Gasteiger partial charge in [0.1, 0.15) is 6.61 Å². The summed E-state index contributed by atoms with van der Waals surface area (Å²) in [6.07, 6.45) is 0. The lowest BCUT2D eigenvalue weighted by Gasteiger charge is -2.12. The molecule has 0 aliphatic rings. The van der Waals surface area contributed by atoms with E-state index >= 15 is 0 Å². The summed E-state index contributed by atoms with van der Waals surface area (Å²) in [5, 5.41) is 4.00. The number of hydrogen-bond donors (Lipinski definition) is 1. The zero-order valence-corrected chi connectivity index (χ0v) is 10.9. The minimum absolute atomic E-state index is 0.365. The third-order valence-electron chi connectivity index (χ3n) is 1.84. The van der Waals surface area contributed by atoms with Crippen molar-refractivity contribution in [2.75, 3.05) is 32.6 Å². The molecule has 0 saturated heterocycles. The minimum Gasteiger partial charge on any atom is -0.469 e. The van der Waals surface area contributed by atoms with Gasteiger partial charge in [0.05, 0.1) is 0 Å². The summed E-state index contributed by atoms with van der Waals surface area (Å²) in [5.74, 6) is 0. The van der Waals surface area contributed by atoms with Crippen LogP contribution in [0.15, 0.2) is 24.3 Å². The van der Waals surface area contributed by atoms with Gasteiger partial charge < -0.3 is 15.0 Å². The fourth-order valence-electron chi connectivity index (χ4n) is 1.04. The van der Waals surface area contributed by atoms with Crippen LogP contribution in [0.1, 0.15) is 0 Å². The summed E-state index contributed by atoms with van der Waals surface area (Å²) >= 11 is 10.9. The molecule has 3 nitrogen and oxygen atoms in total. The molecule has 0 fully saturated rings. The van der Waals surface area contributed by atoms with Gasteiger partial charge in [0.25, 0.3) is 5.17 Å². The lowest BCUT2D eigenvalue weighted by molar-refractivity contribution is 0.256. The highest BCUT2D eigenvalue weighted by atomic mass is 35.5. The van der Waals surface area contributed by atoms with Crippen molar-refractivity contribution in [1.82, 2.24) is 4.90 Å². The van der Waals surface area contributed by atoms with Gasteiger partial charge in [-0.25, -0.2) is 0 Å². The number of benzene rings is 1. The molecular weight excluding hydrogens is 244 g/mol. The first-order valence-electron chi connectivity index (χ1n) is 4.92. The van der Waals surface area contributed by atoms with Crippen molar-refractivity contribution >= 4 is 34.7 Å². The molecule has 0 heterocycles. The van der Waals surface area contributed by atoms with E-state index in [2.05, 4.69) is 5.32 Å². The predicted molar refractivity (Wildman–Crippen MR) is 72.2 cm³/mol. The first-order chi connectivity index (χ1) is 7.58. The molecule has 5 heteroatoms. The van der Waals surface area contributed by atoms with Crippen LogP contribution in [0.3, 0.4) is 0 Å². The van der Waals surface area contributed by atoms with E-state index in [1.54, 1.807) is 6.07 Å². The average Bonchev–Trinajstić information content (AvgIpc) is 2.16. The van der Waals surface area contributed by atoms with E-state index in [1.165, 1.54) is 0 Å². The maximum absolute atomic E-state index is 5.84. The number of rotatable bonds is 4. The van der Waals surface area contributed by atoms with Crippen LogP contribution < -0.4 is 5.32 Å². The van der Waals surface area contributed by atoms with Gasteiger partial charge in [0.2, 0.25) is 0 Å². The maximum atomic E-state index is 5.84. The van der Waals surface area contributed by atoms with Gasteiger partial charge in [-0.15, -0.1) is 0 Å². The molecule has 0 radical (unpaired) electrons. The van der Waals surface area contributed by atoms with Crippen LogP contribution in [-0.4, -0.2) is 37.3 Å². The van der Waals surface area contributed by atoms with E-state index in [0.717, 1.165) is 12.2 Å². The molecule has 1 aromatic rings. The number of anilines is 1. The smallest absolute Gasteiger partial charge is 0.261 e. The van der Waals surface area contributed by atoms with Gasteiger partial charge in [0.15, 0.2) is 0 Å². The molecule has 1 aromatic carbocycles. The number of likely N-dealkylation sites (N-methyl/N-ethyl adjacent to an activating group) is 1. The Morgan fingerprint density at radius 3 is 2.88 bits per heavy atom. The minimum atomic E-state index is 0.365. The highest BCUT2D eigenvalue weighted by Gasteiger charge is 1.99. The Labute approximate surface area is 106 Å². The van der Waals surface area contributed by atoms with E-state index in [4.69, 9.17) is 28.6 Å². The second-order valence-electron chi connectivity index (χ2n) is 3.57. The van der Waals surface area contributed by atoms with E-state index in [9.17, 15) is 0 Å². The Balaban J connectivity index is 2.34. The van der Waals surface area contributed by atoms with Gasteiger partial charge in [-0.2, -0.15) is 0 Å². The number of halogens is 1. The molecule has 0 atom stereocenters. The zero-order chi connectivity index (χ0) is 12.0. The van der Waals surface area contributed by atoms with Crippen LogP contribution in [0.2, 0.25) is 5.02 Å². The normalized spacial score (nSPS) is 10.2. The number of thiocarbonyl (C=S) groups is 1. The van der Waals surface area contributed by atoms with Crippen LogP contribution in [-0.2, 0) is 4.74 Å². The summed E-state index contributed by atoms with van der Waals surface area (Å²) in [6.45, 7) is 1.40. The molecule has 0 amide bonds. The van der Waals surface area contributed by atoms with Crippen molar-refractivity contribution in [1.29, 1.82) is 0 Å². The fourth-order valence-corrected chi connectivity index (χ4v) is 1.43. The Kier molecular flexibility index (Phi) is 5.52. The number of nitrogens with one attached hydrogen (secondary N) is 1. The topological polar surface area (TPSA) is 24.5 Å². The van der Waals surface area contributed by atoms with Gasteiger partial charge >= 0.3 is 0 Å². The van der Waals surface area contributed by atoms with Gasteiger partial charge in [-0.05, 0) is 44.5 Å². The molecule has 0 aliphatic heterocycles. The summed E-state index contributed by atoms with van der Waals surface area (Å²) in [6, 6.07) is 7.34. The van der Waals surface area contributed by atoms with Gasteiger partial charge in [-0.1, -0.05) is 17.7 Å². The molecule has 1 rings (SSSR count). The quantitative estimate of drug-likeness (QED) is 0.840. The van der Waals surface area contributed by atoms with Crippen LogP contribution >= 0.6 is 23.8 Å². The third kappa shape index (κ3) is 5.30. The molecule has 0 unspecified atom stereocenters. The van der Waals surface area contributed by atoms with E-state index < -0.39 is 0 Å². The van der Waals surface area contributed by atoms with Crippen molar-refractivity contribution < 1.29 is 4.74 Å². The maximum Gasteiger partial charge on any atom is 0.261 e. The fraction of sp³-hybridized carbons (Fsp3) is 0.364. The van der Waals surface area contributed by atoms with Gasteiger partial charge in [-0.3, -0.25) is 0 Å². The van der Waals surface area contributed by atoms with Crippen molar-refractivity contribution in [2.45, 2.75) is 0 Å². The van der Waals surface area contributed by atoms with Crippen molar-refractivity contribution in [3.05, 3.63) is 29.3 Å². The molecule has 88 valence electrons. The molecule has 0 aromatic heterocycles. The second kappa shape index (κ2) is 6.68. The Hall–Kier alpha value is -0.840. The summed E-state index contributed by atoms with van der Waals surface area (Å²) in [7, 11) is 3.97. The SMILES string of the molecule is CN(C)CCOC(=S)Nc1cccc(Cl)c1. The second-order valence-corrected chi connectivity index (χ2v) is 4.38. The molecule has 0 aliphatic carbocycles. The van der Waals surface area contributed by atoms with Crippen LogP contribution in [0.25, 0.3) is 0 Å². The molecule has 16 heavy (non-hydrogen) atoms. The number of nitrogens with zero attached hydrogens (tertiary/aromatic N) is 1. The standard InChI is InChI=1S/C11H15ClN2OS/c1-14(2)6-7-15-11(16)13-10-5-3-4-9(12)8-10/h3-5,8H,6-7H2,1-2H3,(H,13,16). The zero-order valence-electron chi connectivity index (χ0n) is 9.37. The number of ether oxygens (including phenoxy) is 1. The van der Waals surface area contributed by atoms with E-state index in [-0.39, 0.29) is 0 Å². The Morgan fingerprint density at radius 2 is 2.25 bits per heavy atom. The third-order valence-corrected chi connectivity index (χ3v) is 2.30. The summed E-state index contributed by atoms with van der Waals surface area (Å²) in [5.41, 5.74) is 0.836. The van der Waals surface area contributed by atoms with Crippen molar-refractivity contribution in [3.63, 3.8) is 0 Å². The van der Waals surface area contributed by atoms with Crippen molar-refractivity contribution in [3.8, 4) is 0 Å². The lowest BCUT2D eigenvalue weighted by atomic mass is 10.3. The average molecular weight is 259 g/mol. The monoisotopic (exact) mass is 258 g/mol.